The first-order valence-electron chi connectivity index (χ1n) is 8.37. The van der Waals surface area contributed by atoms with Crippen molar-refractivity contribution in [2.24, 2.45) is 0 Å². The topological polar surface area (TPSA) is 61.6 Å². The van der Waals surface area contributed by atoms with Crippen LogP contribution < -0.4 is 5.32 Å². The van der Waals surface area contributed by atoms with Crippen LogP contribution in [-0.4, -0.2) is 16.2 Å². The molecule has 2 aromatic carbocycles. The summed E-state index contributed by atoms with van der Waals surface area (Å²) in [5.41, 5.74) is 4.35. The fourth-order valence-electron chi connectivity index (χ4n) is 2.69. The Morgan fingerprint density at radius 2 is 1.73 bits per heavy atom. The lowest BCUT2D eigenvalue weighted by Gasteiger charge is -2.17. The molecule has 26 heavy (non-hydrogen) atoms. The van der Waals surface area contributed by atoms with E-state index in [-0.39, 0.29) is 6.04 Å². The van der Waals surface area contributed by atoms with Crippen molar-refractivity contribution in [1.29, 1.82) is 5.26 Å². The molecular formula is C21H20N4S. The van der Waals surface area contributed by atoms with Crippen LogP contribution in [0, 0.1) is 18.3 Å². The summed E-state index contributed by atoms with van der Waals surface area (Å²) in [5, 5.41) is 13.8. The number of thioether (sulfide) groups is 1. The summed E-state index contributed by atoms with van der Waals surface area (Å²) in [6, 6.07) is 20.5. The average Bonchev–Trinajstić information content (AvgIpc) is 2.68. The molecule has 0 radical (unpaired) electrons. The quantitative estimate of drug-likeness (QED) is 0.499. The second-order valence-electron chi connectivity index (χ2n) is 6.04. The Morgan fingerprint density at radius 1 is 1.04 bits per heavy atom. The van der Waals surface area contributed by atoms with Crippen molar-refractivity contribution in [3.05, 3.63) is 71.3 Å². The van der Waals surface area contributed by atoms with E-state index in [9.17, 15) is 5.26 Å². The highest BCUT2D eigenvalue weighted by Gasteiger charge is 2.17. The van der Waals surface area contributed by atoms with Crippen LogP contribution in [-0.2, 0) is 0 Å². The normalized spacial score (nSPS) is 11.6. The maximum Gasteiger partial charge on any atom is 0.189 e. The molecule has 1 N–H and O–H groups in total. The standard InChI is InChI=1S/C21H20N4S/c1-14-9-11-17(12-10-14)19-18(13-22)20(25-21(24-19)26-3)23-15(2)16-7-5-4-6-8-16/h4-12,15H,1-3H3,(H,23,24,25)/t15-/m0/s1. The maximum absolute atomic E-state index is 9.79. The predicted molar refractivity (Wildman–Crippen MR) is 107 cm³/mol. The van der Waals surface area contributed by atoms with Gasteiger partial charge >= 0.3 is 0 Å². The second kappa shape index (κ2) is 8.03. The molecule has 0 aliphatic rings. The van der Waals surface area contributed by atoms with Gasteiger partial charge in [0.1, 0.15) is 17.5 Å². The SMILES string of the molecule is CSc1nc(N[C@@H](C)c2ccccc2)c(C#N)c(-c2ccc(C)cc2)n1. The van der Waals surface area contributed by atoms with E-state index in [0.717, 1.165) is 11.1 Å². The third-order valence-corrected chi connectivity index (χ3v) is 4.71. The van der Waals surface area contributed by atoms with Crippen molar-refractivity contribution in [3.8, 4) is 17.3 Å². The van der Waals surface area contributed by atoms with E-state index in [4.69, 9.17) is 0 Å². The van der Waals surface area contributed by atoms with Gasteiger partial charge in [-0.05, 0) is 25.7 Å². The zero-order valence-electron chi connectivity index (χ0n) is 15.0. The van der Waals surface area contributed by atoms with E-state index in [1.165, 1.54) is 17.3 Å². The molecule has 1 heterocycles. The summed E-state index contributed by atoms with van der Waals surface area (Å²) in [6.45, 7) is 4.10. The average molecular weight is 360 g/mol. The zero-order chi connectivity index (χ0) is 18.5. The highest BCUT2D eigenvalue weighted by atomic mass is 32.2. The van der Waals surface area contributed by atoms with Crippen molar-refractivity contribution in [1.82, 2.24) is 9.97 Å². The molecule has 0 saturated carbocycles. The van der Waals surface area contributed by atoms with Gasteiger partial charge in [-0.3, -0.25) is 0 Å². The van der Waals surface area contributed by atoms with Crippen LogP contribution in [0.3, 0.4) is 0 Å². The number of nitrogens with zero attached hydrogens (tertiary/aromatic N) is 3. The van der Waals surface area contributed by atoms with Gasteiger partial charge in [-0.1, -0.05) is 71.9 Å². The van der Waals surface area contributed by atoms with Crippen molar-refractivity contribution in [2.45, 2.75) is 25.0 Å². The minimum Gasteiger partial charge on any atom is -0.362 e. The summed E-state index contributed by atoms with van der Waals surface area (Å²) in [5.74, 6) is 0.568. The smallest absolute Gasteiger partial charge is 0.189 e. The van der Waals surface area contributed by atoms with Gasteiger partial charge in [0.05, 0.1) is 5.69 Å². The fourth-order valence-corrected chi connectivity index (χ4v) is 3.06. The van der Waals surface area contributed by atoms with E-state index in [1.54, 1.807) is 0 Å². The molecule has 0 aliphatic heterocycles. The molecule has 1 aromatic heterocycles. The van der Waals surface area contributed by atoms with Crippen LogP contribution in [0.5, 0.6) is 0 Å². The van der Waals surface area contributed by atoms with Gasteiger partial charge in [0.2, 0.25) is 0 Å². The first kappa shape index (κ1) is 18.0. The van der Waals surface area contributed by atoms with Gasteiger partial charge in [0.25, 0.3) is 0 Å². The second-order valence-corrected chi connectivity index (χ2v) is 6.81. The zero-order valence-corrected chi connectivity index (χ0v) is 15.8. The number of benzene rings is 2. The van der Waals surface area contributed by atoms with Gasteiger partial charge in [-0.2, -0.15) is 5.26 Å². The number of aryl methyl sites for hydroxylation is 1. The largest absolute Gasteiger partial charge is 0.362 e. The third-order valence-electron chi connectivity index (χ3n) is 4.16. The highest BCUT2D eigenvalue weighted by molar-refractivity contribution is 7.98. The van der Waals surface area contributed by atoms with E-state index in [0.29, 0.717) is 22.2 Å². The molecule has 4 nitrogen and oxygen atoms in total. The van der Waals surface area contributed by atoms with E-state index in [1.807, 2.05) is 55.6 Å². The molecule has 0 fully saturated rings. The Balaban J connectivity index is 2.06. The first-order chi connectivity index (χ1) is 12.6. The van der Waals surface area contributed by atoms with Crippen LogP contribution >= 0.6 is 11.8 Å². The minimum absolute atomic E-state index is 0.0266. The molecule has 3 rings (SSSR count). The van der Waals surface area contributed by atoms with Gasteiger partial charge < -0.3 is 5.32 Å². The molecule has 0 amide bonds. The first-order valence-corrected chi connectivity index (χ1v) is 9.59. The molecule has 0 aliphatic carbocycles. The van der Waals surface area contributed by atoms with Crippen LogP contribution in [0.4, 0.5) is 5.82 Å². The minimum atomic E-state index is 0.0266. The van der Waals surface area contributed by atoms with Crippen molar-refractivity contribution in [3.63, 3.8) is 0 Å². The van der Waals surface area contributed by atoms with Crippen LogP contribution in [0.25, 0.3) is 11.3 Å². The molecule has 1 atom stereocenters. The molecule has 0 bridgehead atoms. The number of hydrogen-bond acceptors (Lipinski definition) is 5. The molecule has 0 unspecified atom stereocenters. The van der Waals surface area contributed by atoms with E-state index in [2.05, 4.69) is 40.4 Å². The molecule has 0 saturated heterocycles. The molecule has 3 aromatic rings. The lowest BCUT2D eigenvalue weighted by Crippen LogP contribution is -2.11. The summed E-state index contributed by atoms with van der Waals surface area (Å²) in [6.07, 6.45) is 1.94. The van der Waals surface area contributed by atoms with Crippen LogP contribution in [0.1, 0.15) is 29.7 Å². The fraction of sp³-hybridized carbons (Fsp3) is 0.190. The van der Waals surface area contributed by atoms with Gasteiger partial charge in [-0.15, -0.1) is 0 Å². The van der Waals surface area contributed by atoms with Crippen molar-refractivity contribution < 1.29 is 0 Å². The highest BCUT2D eigenvalue weighted by Crippen LogP contribution is 2.30. The summed E-state index contributed by atoms with van der Waals surface area (Å²) in [7, 11) is 0. The number of hydrogen-bond donors (Lipinski definition) is 1. The molecule has 130 valence electrons. The van der Waals surface area contributed by atoms with Gasteiger partial charge in [0.15, 0.2) is 5.16 Å². The summed E-state index contributed by atoms with van der Waals surface area (Å²) in [4.78, 5) is 9.14. The van der Waals surface area contributed by atoms with Crippen molar-refractivity contribution >= 4 is 17.6 Å². The Labute approximate surface area is 158 Å². The number of aromatic nitrogens is 2. The maximum atomic E-state index is 9.79. The van der Waals surface area contributed by atoms with Crippen LogP contribution in [0.2, 0.25) is 0 Å². The molecular weight excluding hydrogens is 340 g/mol. The Bertz CT molecular complexity index is 931. The third kappa shape index (κ3) is 3.87. The predicted octanol–water partition coefficient (Wildman–Crippen LogP) is 5.22. The lowest BCUT2D eigenvalue weighted by molar-refractivity contribution is 0.854. The van der Waals surface area contributed by atoms with E-state index < -0.39 is 0 Å². The Morgan fingerprint density at radius 3 is 2.35 bits per heavy atom. The van der Waals surface area contributed by atoms with Crippen LogP contribution in [0.15, 0.2) is 59.8 Å². The number of rotatable bonds is 5. The summed E-state index contributed by atoms with van der Waals surface area (Å²) < 4.78 is 0. The van der Waals surface area contributed by atoms with E-state index >= 15 is 0 Å². The van der Waals surface area contributed by atoms with Crippen molar-refractivity contribution in [2.75, 3.05) is 11.6 Å². The monoisotopic (exact) mass is 360 g/mol. The van der Waals surface area contributed by atoms with Gasteiger partial charge in [-0.25, -0.2) is 9.97 Å². The Hall–Kier alpha value is -2.84. The number of anilines is 1. The van der Waals surface area contributed by atoms with Gasteiger partial charge in [0, 0.05) is 11.6 Å². The summed E-state index contributed by atoms with van der Waals surface area (Å²) >= 11 is 1.47. The number of nitrogens with one attached hydrogen (secondary N) is 1. The Kier molecular flexibility index (Phi) is 5.55. The lowest BCUT2D eigenvalue weighted by atomic mass is 10.0. The molecule has 5 heteroatoms. The molecule has 0 spiro atoms. The number of nitriles is 1.